The zero-order chi connectivity index (χ0) is 5.98. The van der Waals surface area contributed by atoms with Gasteiger partial charge in [-0.05, 0) is 6.92 Å². The number of hydrogen-bond donors (Lipinski definition) is 1. The molecule has 0 aromatic carbocycles. The average Bonchev–Trinajstić information content (AvgIpc) is 2.14. The van der Waals surface area contributed by atoms with E-state index in [1.54, 1.807) is 16.5 Å². The van der Waals surface area contributed by atoms with Crippen LogP contribution in [0.15, 0.2) is 5.10 Å². The first-order valence-electron chi connectivity index (χ1n) is 2.63. The second kappa shape index (κ2) is 2.00. The molecule has 0 aromatic heterocycles. The van der Waals surface area contributed by atoms with Crippen LogP contribution in [0.25, 0.3) is 0 Å². The summed E-state index contributed by atoms with van der Waals surface area (Å²) < 4.78 is 0. The first kappa shape index (κ1) is 5.37. The first-order valence-corrected chi connectivity index (χ1v) is 2.63. The molecule has 4 heteroatoms. The van der Waals surface area contributed by atoms with E-state index in [1.807, 2.05) is 14.0 Å². The quantitative estimate of drug-likeness (QED) is 0.504. The lowest BCUT2D eigenvalue weighted by molar-refractivity contribution is 0.139. The SMILES string of the molecule is CCN1N=CN(C)N1. The van der Waals surface area contributed by atoms with Crippen molar-refractivity contribution < 1.29 is 0 Å². The van der Waals surface area contributed by atoms with E-state index in [0.717, 1.165) is 6.54 Å². The minimum atomic E-state index is 0.890. The van der Waals surface area contributed by atoms with E-state index in [4.69, 9.17) is 0 Å². The minimum absolute atomic E-state index is 0.890. The Morgan fingerprint density at radius 3 is 2.75 bits per heavy atom. The fourth-order valence-corrected chi connectivity index (χ4v) is 0.526. The van der Waals surface area contributed by atoms with Gasteiger partial charge in [0.1, 0.15) is 6.34 Å². The molecule has 0 atom stereocenters. The summed E-state index contributed by atoms with van der Waals surface area (Å²) in [4.78, 5) is 0. The molecule has 1 heterocycles. The Morgan fingerprint density at radius 2 is 2.50 bits per heavy atom. The Bertz CT molecular complexity index is 100. The molecule has 0 saturated carbocycles. The van der Waals surface area contributed by atoms with E-state index in [1.165, 1.54) is 0 Å². The van der Waals surface area contributed by atoms with Crippen LogP contribution in [0.2, 0.25) is 0 Å². The number of hydrazine groups is 2. The van der Waals surface area contributed by atoms with Crippen molar-refractivity contribution in [3.05, 3.63) is 0 Å². The van der Waals surface area contributed by atoms with Crippen LogP contribution >= 0.6 is 0 Å². The van der Waals surface area contributed by atoms with Crippen LogP contribution in [0.1, 0.15) is 6.92 Å². The molecule has 0 unspecified atom stereocenters. The van der Waals surface area contributed by atoms with Crippen molar-refractivity contribution in [2.75, 3.05) is 13.6 Å². The van der Waals surface area contributed by atoms with Gasteiger partial charge in [-0.1, -0.05) is 0 Å². The highest BCUT2D eigenvalue weighted by Crippen LogP contribution is 1.88. The lowest BCUT2D eigenvalue weighted by Gasteiger charge is -2.13. The van der Waals surface area contributed by atoms with Crippen molar-refractivity contribution in [3.63, 3.8) is 0 Å². The predicted octanol–water partition coefficient (Wildman–Crippen LogP) is -0.383. The van der Waals surface area contributed by atoms with Crippen LogP contribution in [0, 0.1) is 0 Å². The summed E-state index contributed by atoms with van der Waals surface area (Å²) in [7, 11) is 1.90. The molecular formula is C4H10N4. The van der Waals surface area contributed by atoms with Crippen LogP contribution in [0.4, 0.5) is 0 Å². The molecule has 0 amide bonds. The molecule has 1 N–H and O–H groups in total. The third-order valence-electron chi connectivity index (χ3n) is 0.937. The summed E-state index contributed by atoms with van der Waals surface area (Å²) in [6.45, 7) is 2.92. The number of nitrogens with zero attached hydrogens (tertiary/aromatic N) is 3. The molecule has 4 nitrogen and oxygen atoms in total. The van der Waals surface area contributed by atoms with Crippen molar-refractivity contribution in [2.45, 2.75) is 6.92 Å². The monoisotopic (exact) mass is 114 g/mol. The fraction of sp³-hybridized carbons (Fsp3) is 0.750. The maximum Gasteiger partial charge on any atom is 0.128 e. The summed E-state index contributed by atoms with van der Waals surface area (Å²) in [5, 5.41) is 7.50. The third-order valence-corrected chi connectivity index (χ3v) is 0.937. The number of hydrazone groups is 1. The normalized spacial score (nSPS) is 18.2. The summed E-state index contributed by atoms with van der Waals surface area (Å²) in [6, 6.07) is 0. The predicted molar refractivity (Wildman–Crippen MR) is 31.8 cm³/mol. The van der Waals surface area contributed by atoms with Crippen molar-refractivity contribution in [1.29, 1.82) is 0 Å². The molecule has 1 aliphatic heterocycles. The van der Waals surface area contributed by atoms with Gasteiger partial charge in [-0.25, -0.2) is 5.12 Å². The van der Waals surface area contributed by atoms with Gasteiger partial charge < -0.3 is 0 Å². The van der Waals surface area contributed by atoms with Crippen LogP contribution in [0.5, 0.6) is 0 Å². The maximum absolute atomic E-state index is 3.96. The second-order valence-electron chi connectivity index (χ2n) is 1.66. The zero-order valence-corrected chi connectivity index (χ0v) is 5.13. The minimum Gasteiger partial charge on any atom is -0.281 e. The van der Waals surface area contributed by atoms with Crippen LogP contribution < -0.4 is 5.53 Å². The van der Waals surface area contributed by atoms with Crippen LogP contribution in [0.3, 0.4) is 0 Å². The largest absolute Gasteiger partial charge is 0.281 e. The summed E-state index contributed by atoms with van der Waals surface area (Å²) >= 11 is 0. The van der Waals surface area contributed by atoms with E-state index in [-0.39, 0.29) is 0 Å². The van der Waals surface area contributed by atoms with E-state index in [9.17, 15) is 0 Å². The van der Waals surface area contributed by atoms with Gasteiger partial charge in [0.05, 0.1) is 6.54 Å². The molecule has 0 spiro atoms. The van der Waals surface area contributed by atoms with Gasteiger partial charge in [0.15, 0.2) is 0 Å². The lowest BCUT2D eigenvalue weighted by atomic mass is 10.8. The highest BCUT2D eigenvalue weighted by atomic mass is 15.9. The molecule has 46 valence electrons. The molecule has 0 fully saturated rings. The Hall–Kier alpha value is -0.770. The van der Waals surface area contributed by atoms with Gasteiger partial charge in [0, 0.05) is 7.05 Å². The van der Waals surface area contributed by atoms with E-state index < -0.39 is 0 Å². The van der Waals surface area contributed by atoms with E-state index in [2.05, 4.69) is 10.6 Å². The van der Waals surface area contributed by atoms with Crippen molar-refractivity contribution in [2.24, 2.45) is 5.10 Å². The molecule has 8 heavy (non-hydrogen) atoms. The number of rotatable bonds is 1. The van der Waals surface area contributed by atoms with Gasteiger partial charge >= 0.3 is 0 Å². The Balaban J connectivity index is 2.34. The summed E-state index contributed by atoms with van der Waals surface area (Å²) in [5.74, 6) is 0. The third kappa shape index (κ3) is 0.894. The van der Waals surface area contributed by atoms with Gasteiger partial charge in [-0.15, -0.1) is 10.6 Å². The highest BCUT2D eigenvalue weighted by Gasteiger charge is 2.03. The molecule has 1 rings (SSSR count). The summed E-state index contributed by atoms with van der Waals surface area (Å²) in [5.41, 5.74) is 2.95. The molecular weight excluding hydrogens is 104 g/mol. The zero-order valence-electron chi connectivity index (χ0n) is 5.13. The van der Waals surface area contributed by atoms with E-state index in [0.29, 0.717) is 0 Å². The lowest BCUT2D eigenvalue weighted by Crippen LogP contribution is -2.37. The average molecular weight is 114 g/mol. The Morgan fingerprint density at radius 1 is 1.75 bits per heavy atom. The molecule has 1 aliphatic rings. The van der Waals surface area contributed by atoms with Crippen molar-refractivity contribution in [3.8, 4) is 0 Å². The van der Waals surface area contributed by atoms with Gasteiger partial charge in [0.2, 0.25) is 0 Å². The maximum atomic E-state index is 3.96. The summed E-state index contributed by atoms with van der Waals surface area (Å²) in [6.07, 6.45) is 1.73. The van der Waals surface area contributed by atoms with E-state index >= 15 is 0 Å². The second-order valence-corrected chi connectivity index (χ2v) is 1.66. The van der Waals surface area contributed by atoms with Crippen molar-refractivity contribution >= 4 is 6.34 Å². The highest BCUT2D eigenvalue weighted by molar-refractivity contribution is 5.54. The van der Waals surface area contributed by atoms with Gasteiger partial charge in [-0.2, -0.15) is 0 Å². The van der Waals surface area contributed by atoms with Gasteiger partial charge in [-0.3, -0.25) is 5.01 Å². The number of nitrogens with one attached hydrogen (secondary N) is 1. The number of hydrogen-bond acceptors (Lipinski definition) is 4. The smallest absolute Gasteiger partial charge is 0.128 e. The topological polar surface area (TPSA) is 30.9 Å². The Labute approximate surface area is 48.7 Å². The van der Waals surface area contributed by atoms with Gasteiger partial charge in [0.25, 0.3) is 0 Å². The molecule has 0 bridgehead atoms. The molecule has 0 radical (unpaired) electrons. The van der Waals surface area contributed by atoms with Crippen LogP contribution in [-0.2, 0) is 0 Å². The molecule has 0 saturated heterocycles. The molecule has 0 aromatic rings. The standard InChI is InChI=1S/C4H10N4/c1-3-8-5-4-7(2)6-8/h4,6H,3H2,1-2H3. The fourth-order valence-electron chi connectivity index (χ4n) is 0.526. The van der Waals surface area contributed by atoms with Crippen LogP contribution in [-0.4, -0.2) is 30.1 Å². The van der Waals surface area contributed by atoms with Crippen molar-refractivity contribution in [1.82, 2.24) is 15.7 Å². The first-order chi connectivity index (χ1) is 3.83. The molecule has 0 aliphatic carbocycles. The Kier molecular flexibility index (Phi) is 1.34.